The van der Waals surface area contributed by atoms with E-state index in [1.54, 1.807) is 4.68 Å². The number of nitrogens with zero attached hydrogens (tertiary/aromatic N) is 3. The third-order valence-corrected chi connectivity index (χ3v) is 5.04. The van der Waals surface area contributed by atoms with Gasteiger partial charge in [-0.15, -0.1) is 0 Å². The minimum Gasteiger partial charge on any atom is -0.360 e. The highest BCUT2D eigenvalue weighted by atomic mass is 16.2. The number of fused-ring (bicyclic) bond motifs is 1. The van der Waals surface area contributed by atoms with E-state index < -0.39 is 0 Å². The predicted octanol–water partition coefficient (Wildman–Crippen LogP) is 3.44. The maximum Gasteiger partial charge on any atom is 0.256 e. The smallest absolute Gasteiger partial charge is 0.256 e. The van der Waals surface area contributed by atoms with E-state index in [1.165, 1.54) is 5.56 Å². The van der Waals surface area contributed by atoms with Gasteiger partial charge in [-0.3, -0.25) is 9.48 Å². The molecule has 0 saturated carbocycles. The van der Waals surface area contributed by atoms with Gasteiger partial charge in [0.1, 0.15) is 0 Å². The number of carbonyl (C=O) groups is 1. The number of aryl methyl sites for hydroxylation is 2. The van der Waals surface area contributed by atoms with Gasteiger partial charge < -0.3 is 9.88 Å². The Hall–Kier alpha value is -2.56. The highest BCUT2D eigenvalue weighted by molar-refractivity contribution is 6.07. The number of likely N-dealkylation sites (tertiary alicyclic amines) is 1. The molecule has 5 nitrogen and oxygen atoms in total. The van der Waals surface area contributed by atoms with Gasteiger partial charge in [0.25, 0.3) is 5.91 Å². The van der Waals surface area contributed by atoms with Crippen LogP contribution >= 0.6 is 0 Å². The molecule has 1 atom stereocenters. The number of aromatic nitrogens is 3. The van der Waals surface area contributed by atoms with Crippen LogP contribution in [0.1, 0.15) is 47.3 Å². The first kappa shape index (κ1) is 15.0. The van der Waals surface area contributed by atoms with Crippen LogP contribution in [0, 0.1) is 0 Å². The average Bonchev–Trinajstić information content (AvgIpc) is 3.32. The summed E-state index contributed by atoms with van der Waals surface area (Å²) < 4.78 is 1.80. The van der Waals surface area contributed by atoms with E-state index in [1.807, 2.05) is 42.7 Å². The topological polar surface area (TPSA) is 53.9 Å². The molecule has 5 heteroatoms. The molecule has 1 fully saturated rings. The molecule has 1 aliphatic rings. The van der Waals surface area contributed by atoms with Gasteiger partial charge in [0.05, 0.1) is 17.8 Å². The number of para-hydroxylation sites is 1. The van der Waals surface area contributed by atoms with Crippen molar-refractivity contribution in [2.75, 3.05) is 6.54 Å². The Labute approximate surface area is 141 Å². The zero-order valence-corrected chi connectivity index (χ0v) is 14.1. The van der Waals surface area contributed by atoms with Crippen molar-refractivity contribution in [3.8, 4) is 0 Å². The first-order chi connectivity index (χ1) is 11.7. The van der Waals surface area contributed by atoms with Gasteiger partial charge in [0, 0.05) is 42.5 Å². The molecule has 3 heterocycles. The zero-order valence-electron chi connectivity index (χ0n) is 14.1. The summed E-state index contributed by atoms with van der Waals surface area (Å²) in [5, 5.41) is 5.29. The standard InChI is InChI=1S/C19H22N4O/c1-3-13-6-4-7-15-16(11-20-18(13)15)19(24)23-9-5-8-17(23)14-10-21-22(2)12-14/h4,6-7,10-12,17,20H,3,5,8-9H2,1-2H3. The molecule has 0 bridgehead atoms. The Morgan fingerprint density at radius 1 is 1.42 bits per heavy atom. The molecule has 1 unspecified atom stereocenters. The lowest BCUT2D eigenvalue weighted by Crippen LogP contribution is -2.30. The summed E-state index contributed by atoms with van der Waals surface area (Å²) in [7, 11) is 1.91. The third-order valence-electron chi connectivity index (χ3n) is 5.04. The number of hydrogen-bond donors (Lipinski definition) is 1. The molecular formula is C19H22N4O. The van der Waals surface area contributed by atoms with Crippen LogP contribution in [0.4, 0.5) is 0 Å². The van der Waals surface area contributed by atoms with Crippen molar-refractivity contribution in [3.63, 3.8) is 0 Å². The second-order valence-corrected chi connectivity index (χ2v) is 6.50. The van der Waals surface area contributed by atoms with E-state index in [0.717, 1.165) is 47.8 Å². The van der Waals surface area contributed by atoms with Gasteiger partial charge in [-0.05, 0) is 24.8 Å². The zero-order chi connectivity index (χ0) is 16.7. The minimum absolute atomic E-state index is 0.112. The molecule has 124 valence electrons. The van der Waals surface area contributed by atoms with Crippen molar-refractivity contribution in [2.24, 2.45) is 7.05 Å². The Kier molecular flexibility index (Phi) is 3.63. The molecule has 24 heavy (non-hydrogen) atoms. The number of hydrogen-bond acceptors (Lipinski definition) is 2. The van der Waals surface area contributed by atoms with Crippen molar-refractivity contribution < 1.29 is 4.79 Å². The minimum atomic E-state index is 0.112. The van der Waals surface area contributed by atoms with Crippen molar-refractivity contribution in [1.82, 2.24) is 19.7 Å². The van der Waals surface area contributed by atoms with Crippen LogP contribution in [0.5, 0.6) is 0 Å². The highest BCUT2D eigenvalue weighted by Gasteiger charge is 2.32. The van der Waals surface area contributed by atoms with Crippen LogP contribution < -0.4 is 0 Å². The van der Waals surface area contributed by atoms with Crippen molar-refractivity contribution in [3.05, 3.63) is 53.5 Å². The van der Waals surface area contributed by atoms with Gasteiger partial charge in [-0.2, -0.15) is 5.10 Å². The second-order valence-electron chi connectivity index (χ2n) is 6.50. The summed E-state index contributed by atoms with van der Waals surface area (Å²) in [6.07, 6.45) is 8.74. The van der Waals surface area contributed by atoms with Gasteiger partial charge in [-0.1, -0.05) is 25.1 Å². The number of aromatic amines is 1. The fourth-order valence-electron chi connectivity index (χ4n) is 3.81. The van der Waals surface area contributed by atoms with Crippen LogP contribution in [0.15, 0.2) is 36.8 Å². The van der Waals surface area contributed by atoms with E-state index in [-0.39, 0.29) is 11.9 Å². The predicted molar refractivity (Wildman–Crippen MR) is 93.9 cm³/mol. The maximum atomic E-state index is 13.2. The molecule has 0 aliphatic carbocycles. The molecular weight excluding hydrogens is 300 g/mol. The summed E-state index contributed by atoms with van der Waals surface area (Å²) in [5.41, 5.74) is 4.23. The van der Waals surface area contributed by atoms with Crippen molar-refractivity contribution >= 4 is 16.8 Å². The molecule has 1 aliphatic heterocycles. The SMILES string of the molecule is CCc1cccc2c(C(=O)N3CCCC3c3cnn(C)c3)c[nH]c12. The molecule has 3 aromatic rings. The number of carbonyl (C=O) groups excluding carboxylic acids is 1. The van der Waals surface area contributed by atoms with Crippen molar-refractivity contribution in [1.29, 1.82) is 0 Å². The Balaban J connectivity index is 1.70. The van der Waals surface area contributed by atoms with E-state index in [4.69, 9.17) is 0 Å². The number of benzene rings is 1. The molecule has 2 aromatic heterocycles. The van der Waals surface area contributed by atoms with Gasteiger partial charge >= 0.3 is 0 Å². The monoisotopic (exact) mass is 322 g/mol. The molecule has 4 rings (SSSR count). The third kappa shape index (κ3) is 2.31. The van der Waals surface area contributed by atoms with Gasteiger partial charge in [0.15, 0.2) is 0 Å². The normalized spacial score (nSPS) is 17.8. The molecule has 1 amide bonds. The fraction of sp³-hybridized carbons (Fsp3) is 0.368. The fourth-order valence-corrected chi connectivity index (χ4v) is 3.81. The van der Waals surface area contributed by atoms with E-state index in [0.29, 0.717) is 0 Å². The van der Waals surface area contributed by atoms with Crippen LogP contribution in [-0.4, -0.2) is 32.1 Å². The lowest BCUT2D eigenvalue weighted by atomic mass is 10.1. The summed E-state index contributed by atoms with van der Waals surface area (Å²) in [5.74, 6) is 0.112. The van der Waals surface area contributed by atoms with Gasteiger partial charge in [0.2, 0.25) is 0 Å². The van der Waals surface area contributed by atoms with Crippen LogP contribution in [0.25, 0.3) is 10.9 Å². The lowest BCUT2D eigenvalue weighted by Gasteiger charge is -2.23. The van der Waals surface area contributed by atoms with Crippen molar-refractivity contribution in [2.45, 2.75) is 32.2 Å². The Bertz CT molecular complexity index is 892. The second kappa shape index (κ2) is 5.82. The largest absolute Gasteiger partial charge is 0.360 e. The summed E-state index contributed by atoms with van der Waals surface area (Å²) in [4.78, 5) is 18.5. The Morgan fingerprint density at radius 3 is 3.04 bits per heavy atom. The van der Waals surface area contributed by atoms with Crippen LogP contribution in [-0.2, 0) is 13.5 Å². The number of H-pyrrole nitrogens is 1. The lowest BCUT2D eigenvalue weighted by molar-refractivity contribution is 0.0737. The highest BCUT2D eigenvalue weighted by Crippen LogP contribution is 2.34. The number of nitrogens with one attached hydrogen (secondary N) is 1. The molecule has 0 spiro atoms. The number of rotatable bonds is 3. The Morgan fingerprint density at radius 2 is 2.29 bits per heavy atom. The summed E-state index contributed by atoms with van der Waals surface area (Å²) in [6.45, 7) is 2.94. The molecule has 0 radical (unpaired) electrons. The van der Waals surface area contributed by atoms with E-state index in [9.17, 15) is 4.79 Å². The van der Waals surface area contributed by atoms with E-state index >= 15 is 0 Å². The van der Waals surface area contributed by atoms with E-state index in [2.05, 4.69) is 23.1 Å². The summed E-state index contributed by atoms with van der Waals surface area (Å²) in [6, 6.07) is 6.31. The van der Waals surface area contributed by atoms with Crippen LogP contribution in [0.2, 0.25) is 0 Å². The van der Waals surface area contributed by atoms with Gasteiger partial charge in [-0.25, -0.2) is 0 Å². The molecule has 1 N–H and O–H groups in total. The average molecular weight is 322 g/mol. The molecule has 1 saturated heterocycles. The first-order valence-electron chi connectivity index (χ1n) is 8.57. The maximum absolute atomic E-state index is 13.2. The first-order valence-corrected chi connectivity index (χ1v) is 8.57. The summed E-state index contributed by atoms with van der Waals surface area (Å²) >= 11 is 0. The number of amides is 1. The van der Waals surface area contributed by atoms with Crippen LogP contribution in [0.3, 0.4) is 0 Å². The molecule has 1 aromatic carbocycles. The quantitative estimate of drug-likeness (QED) is 0.803.